The lowest BCUT2D eigenvalue weighted by atomic mass is 9.72. The quantitative estimate of drug-likeness (QED) is 0.485. The number of carbonyl (C=O) groups excluding carboxylic acids is 1. The van der Waals surface area contributed by atoms with Crippen molar-refractivity contribution in [3.8, 4) is 11.5 Å². The third-order valence-electron chi connectivity index (χ3n) is 4.31. The molecule has 2 rings (SSSR count). The van der Waals surface area contributed by atoms with Gasteiger partial charge in [-0.3, -0.25) is 14.9 Å². The molecule has 0 aliphatic rings. The maximum atomic E-state index is 11.4. The number of nitrogens with zero attached hydrogens (tertiary/aromatic N) is 1. The van der Waals surface area contributed by atoms with E-state index in [4.69, 9.17) is 4.74 Å². The fraction of sp³-hybridized carbons (Fsp3) is 0.409. The summed E-state index contributed by atoms with van der Waals surface area (Å²) in [7, 11) is 0. The summed E-state index contributed by atoms with van der Waals surface area (Å²) in [6.07, 6.45) is 1.02. The van der Waals surface area contributed by atoms with Gasteiger partial charge in [0.15, 0.2) is 0 Å². The lowest BCUT2D eigenvalue weighted by Crippen LogP contribution is -2.24. The van der Waals surface area contributed by atoms with Crippen LogP contribution in [0.25, 0.3) is 0 Å². The zero-order valence-electron chi connectivity index (χ0n) is 17.3. The number of amides is 1. The van der Waals surface area contributed by atoms with Gasteiger partial charge < -0.3 is 10.1 Å². The summed E-state index contributed by atoms with van der Waals surface area (Å²) in [5.41, 5.74) is 1.54. The number of hydrogen-bond acceptors (Lipinski definition) is 4. The number of rotatable bonds is 6. The molecule has 0 aromatic heterocycles. The van der Waals surface area contributed by atoms with Gasteiger partial charge in [0.1, 0.15) is 5.75 Å². The van der Waals surface area contributed by atoms with Gasteiger partial charge in [0.2, 0.25) is 11.7 Å². The molecule has 0 unspecified atom stereocenters. The van der Waals surface area contributed by atoms with Gasteiger partial charge in [0.25, 0.3) is 0 Å². The summed E-state index contributed by atoms with van der Waals surface area (Å²) in [4.78, 5) is 22.0. The Morgan fingerprint density at radius 2 is 1.68 bits per heavy atom. The second kappa shape index (κ2) is 8.00. The number of hydrogen-bond donors (Lipinski definition) is 1. The van der Waals surface area contributed by atoms with E-state index >= 15 is 0 Å². The van der Waals surface area contributed by atoms with Crippen molar-refractivity contribution in [3.63, 3.8) is 0 Å². The van der Waals surface area contributed by atoms with Crippen LogP contribution < -0.4 is 10.1 Å². The molecule has 0 radical (unpaired) electrons. The predicted molar refractivity (Wildman–Crippen MR) is 111 cm³/mol. The maximum Gasteiger partial charge on any atom is 0.313 e. The van der Waals surface area contributed by atoms with Gasteiger partial charge in [-0.2, -0.15) is 0 Å². The average molecular weight is 384 g/mol. The molecule has 28 heavy (non-hydrogen) atoms. The smallest absolute Gasteiger partial charge is 0.313 e. The molecular weight excluding hydrogens is 356 g/mol. The van der Waals surface area contributed by atoms with E-state index in [1.54, 1.807) is 6.07 Å². The van der Waals surface area contributed by atoms with E-state index in [9.17, 15) is 14.9 Å². The van der Waals surface area contributed by atoms with Crippen molar-refractivity contribution >= 4 is 17.3 Å². The van der Waals surface area contributed by atoms with Crippen molar-refractivity contribution < 1.29 is 14.5 Å². The first kappa shape index (κ1) is 21.4. The fourth-order valence-electron chi connectivity index (χ4n) is 3.56. The second-order valence-electron chi connectivity index (χ2n) is 8.87. The van der Waals surface area contributed by atoms with Gasteiger partial charge >= 0.3 is 5.69 Å². The van der Waals surface area contributed by atoms with Crippen molar-refractivity contribution in [2.45, 2.75) is 53.4 Å². The van der Waals surface area contributed by atoms with E-state index in [2.05, 4.69) is 39.9 Å². The molecule has 2 aromatic rings. The first-order valence-corrected chi connectivity index (χ1v) is 9.22. The standard InChI is InChI=1S/C22H28N2O4/c1-15(25)23-17-9-12-20(19(13-17)24(26)27)28-18-10-7-16(8-11-18)22(5,6)14-21(2,3)4/h7-13H,14H2,1-6H3,(H,23,25). The van der Waals surface area contributed by atoms with E-state index in [1.807, 2.05) is 24.3 Å². The Morgan fingerprint density at radius 1 is 1.07 bits per heavy atom. The van der Waals surface area contributed by atoms with Crippen LogP contribution in [0.4, 0.5) is 11.4 Å². The molecule has 0 spiro atoms. The topological polar surface area (TPSA) is 81.5 Å². The summed E-state index contributed by atoms with van der Waals surface area (Å²) in [5.74, 6) is 0.350. The van der Waals surface area contributed by atoms with Crippen LogP contribution in [0.15, 0.2) is 42.5 Å². The Kier molecular flexibility index (Phi) is 6.12. The Morgan fingerprint density at radius 3 is 2.18 bits per heavy atom. The molecule has 0 saturated heterocycles. The summed E-state index contributed by atoms with van der Waals surface area (Å²) in [6, 6.07) is 12.0. The minimum atomic E-state index is -0.526. The number of nitro benzene ring substituents is 1. The molecule has 0 saturated carbocycles. The van der Waals surface area contributed by atoms with Crippen LogP contribution in [0.5, 0.6) is 11.5 Å². The molecule has 1 amide bonds. The molecule has 0 bridgehead atoms. The minimum Gasteiger partial charge on any atom is -0.450 e. The van der Waals surface area contributed by atoms with Crippen LogP contribution in [0, 0.1) is 15.5 Å². The van der Waals surface area contributed by atoms with Crippen LogP contribution >= 0.6 is 0 Å². The van der Waals surface area contributed by atoms with Gasteiger partial charge in [0.05, 0.1) is 4.92 Å². The molecule has 1 N–H and O–H groups in total. The fourth-order valence-corrected chi connectivity index (χ4v) is 3.56. The number of nitrogens with one attached hydrogen (secondary N) is 1. The average Bonchev–Trinajstić information content (AvgIpc) is 2.54. The van der Waals surface area contributed by atoms with E-state index in [0.717, 1.165) is 6.42 Å². The molecular formula is C22H28N2O4. The van der Waals surface area contributed by atoms with Gasteiger partial charge in [0, 0.05) is 18.7 Å². The van der Waals surface area contributed by atoms with E-state index in [1.165, 1.54) is 24.6 Å². The molecule has 0 atom stereocenters. The minimum absolute atomic E-state index is 0.00276. The number of ether oxygens (including phenoxy) is 1. The molecule has 0 aliphatic carbocycles. The van der Waals surface area contributed by atoms with Crippen LogP contribution in [-0.2, 0) is 10.2 Å². The normalized spacial score (nSPS) is 11.8. The summed E-state index contributed by atoms with van der Waals surface area (Å²) in [6.45, 7) is 12.4. The molecule has 150 valence electrons. The first-order chi connectivity index (χ1) is 12.9. The molecule has 0 heterocycles. The summed E-state index contributed by atoms with van der Waals surface area (Å²) < 4.78 is 5.74. The Balaban J connectivity index is 2.24. The van der Waals surface area contributed by atoms with Crippen molar-refractivity contribution in [1.82, 2.24) is 0 Å². The highest BCUT2D eigenvalue weighted by Gasteiger charge is 2.27. The molecule has 0 fully saturated rings. The van der Waals surface area contributed by atoms with E-state index in [0.29, 0.717) is 11.4 Å². The van der Waals surface area contributed by atoms with Crippen molar-refractivity contribution in [2.24, 2.45) is 5.41 Å². The zero-order valence-corrected chi connectivity index (χ0v) is 17.3. The SMILES string of the molecule is CC(=O)Nc1ccc(Oc2ccc(C(C)(C)CC(C)(C)C)cc2)c([N+](=O)[O-])c1. The van der Waals surface area contributed by atoms with Crippen LogP contribution in [-0.4, -0.2) is 10.8 Å². The Hall–Kier alpha value is -2.89. The lowest BCUT2D eigenvalue weighted by molar-refractivity contribution is -0.385. The Labute approximate surface area is 166 Å². The highest BCUT2D eigenvalue weighted by atomic mass is 16.6. The second-order valence-corrected chi connectivity index (χ2v) is 8.87. The van der Waals surface area contributed by atoms with E-state index in [-0.39, 0.29) is 28.2 Å². The highest BCUT2D eigenvalue weighted by molar-refractivity contribution is 5.89. The predicted octanol–water partition coefficient (Wildman–Crippen LogP) is 6.06. The number of anilines is 1. The van der Waals surface area contributed by atoms with Crippen LogP contribution in [0.2, 0.25) is 0 Å². The third-order valence-corrected chi connectivity index (χ3v) is 4.31. The van der Waals surface area contributed by atoms with Gasteiger partial charge in [-0.15, -0.1) is 0 Å². The van der Waals surface area contributed by atoms with Crippen molar-refractivity contribution in [1.29, 1.82) is 0 Å². The number of carbonyl (C=O) groups is 1. The largest absolute Gasteiger partial charge is 0.450 e. The van der Waals surface area contributed by atoms with Crippen LogP contribution in [0.1, 0.15) is 53.5 Å². The number of nitro groups is 1. The van der Waals surface area contributed by atoms with Crippen LogP contribution in [0.3, 0.4) is 0 Å². The van der Waals surface area contributed by atoms with E-state index < -0.39 is 4.92 Å². The molecule has 6 heteroatoms. The number of benzene rings is 2. The Bertz CT molecular complexity index is 865. The summed E-state index contributed by atoms with van der Waals surface area (Å²) >= 11 is 0. The maximum absolute atomic E-state index is 11.4. The molecule has 6 nitrogen and oxygen atoms in total. The van der Waals surface area contributed by atoms with Crippen molar-refractivity contribution in [3.05, 3.63) is 58.1 Å². The lowest BCUT2D eigenvalue weighted by Gasteiger charge is -2.33. The van der Waals surface area contributed by atoms with Gasteiger partial charge in [-0.1, -0.05) is 46.8 Å². The highest BCUT2D eigenvalue weighted by Crippen LogP contribution is 2.38. The zero-order chi connectivity index (χ0) is 21.1. The van der Waals surface area contributed by atoms with Gasteiger partial charge in [-0.25, -0.2) is 0 Å². The monoisotopic (exact) mass is 384 g/mol. The molecule has 0 aliphatic heterocycles. The first-order valence-electron chi connectivity index (χ1n) is 9.22. The van der Waals surface area contributed by atoms with Gasteiger partial charge in [-0.05, 0) is 47.1 Å². The summed E-state index contributed by atoms with van der Waals surface area (Å²) in [5, 5.41) is 13.9. The van der Waals surface area contributed by atoms with Crippen molar-refractivity contribution in [2.75, 3.05) is 5.32 Å². The molecule has 2 aromatic carbocycles. The third kappa shape index (κ3) is 5.81.